The van der Waals surface area contributed by atoms with Crippen molar-refractivity contribution in [2.75, 3.05) is 0 Å². The predicted molar refractivity (Wildman–Crippen MR) is 96.9 cm³/mol. The summed E-state index contributed by atoms with van der Waals surface area (Å²) in [5, 5.41) is 8.78. The molecule has 2 nitrogen and oxygen atoms in total. The van der Waals surface area contributed by atoms with E-state index in [4.69, 9.17) is 28.3 Å². The van der Waals surface area contributed by atoms with Crippen molar-refractivity contribution in [3.63, 3.8) is 0 Å². The fourth-order valence-electron chi connectivity index (χ4n) is 2.33. The van der Waals surface area contributed by atoms with Gasteiger partial charge in [-0.05, 0) is 32.1 Å². The molecule has 0 aromatic rings. The zero-order valence-electron chi connectivity index (χ0n) is 14.0. The molecule has 130 valence electrons. The van der Waals surface area contributed by atoms with Crippen LogP contribution in [-0.4, -0.2) is 15.4 Å². The largest absolute Gasteiger partial charge is 0.479 e. The average Bonchev–Trinajstić information content (AvgIpc) is 2.47. The molecule has 0 aliphatic carbocycles. The molecular formula is C18H32Cl2O2. The number of carboxylic acid groups (broad SMARTS) is 1. The first-order chi connectivity index (χ1) is 10.5. The smallest absolute Gasteiger partial charge is 0.340 e. The fourth-order valence-corrected chi connectivity index (χ4v) is 2.60. The molecule has 0 heterocycles. The maximum absolute atomic E-state index is 10.7. The number of allylic oxidation sites excluding steroid dienone is 2. The number of hydrogen-bond acceptors (Lipinski definition) is 1. The van der Waals surface area contributed by atoms with E-state index in [1.54, 1.807) is 0 Å². The molecule has 0 fully saturated rings. The minimum atomic E-state index is -1.61. The number of alkyl halides is 2. The van der Waals surface area contributed by atoms with Crippen LogP contribution in [0.2, 0.25) is 0 Å². The topological polar surface area (TPSA) is 37.3 Å². The van der Waals surface area contributed by atoms with E-state index in [0.717, 1.165) is 19.3 Å². The second-order valence-corrected chi connectivity index (χ2v) is 7.47. The molecule has 0 saturated heterocycles. The van der Waals surface area contributed by atoms with Crippen LogP contribution in [0.15, 0.2) is 12.2 Å². The molecule has 0 aliphatic rings. The first-order valence-corrected chi connectivity index (χ1v) is 9.52. The Balaban J connectivity index is 3.24. The van der Waals surface area contributed by atoms with Crippen LogP contribution in [0.5, 0.6) is 0 Å². The zero-order chi connectivity index (χ0) is 16.7. The number of hydrogen-bond donors (Lipinski definition) is 1. The van der Waals surface area contributed by atoms with E-state index >= 15 is 0 Å². The molecule has 0 rings (SSSR count). The number of carboxylic acids is 1. The van der Waals surface area contributed by atoms with Crippen LogP contribution in [-0.2, 0) is 4.79 Å². The summed E-state index contributed by atoms with van der Waals surface area (Å²) in [5.74, 6) is -1.14. The van der Waals surface area contributed by atoms with Crippen molar-refractivity contribution in [2.24, 2.45) is 0 Å². The standard InChI is InChI=1S/C18H32Cl2O2/c1-2-3-4-5-6-7-8-9-10-11-12-13-14-15-16-18(19,20)17(21)22/h5-6H,2-4,7-16H2,1H3,(H,21,22)/b6-5-. The van der Waals surface area contributed by atoms with Gasteiger partial charge in [0.15, 0.2) is 0 Å². The van der Waals surface area contributed by atoms with Crippen molar-refractivity contribution in [1.82, 2.24) is 0 Å². The zero-order valence-corrected chi connectivity index (χ0v) is 15.5. The Kier molecular flexibility index (Phi) is 14.2. The molecule has 0 radical (unpaired) electrons. The lowest BCUT2D eigenvalue weighted by molar-refractivity contribution is -0.138. The summed E-state index contributed by atoms with van der Waals surface area (Å²) in [4.78, 5) is 10.7. The summed E-state index contributed by atoms with van der Waals surface area (Å²) in [6.45, 7) is 2.22. The SMILES string of the molecule is CCCC/C=C\CCCCCCCCCCC(Cl)(Cl)C(=O)O. The van der Waals surface area contributed by atoms with Gasteiger partial charge >= 0.3 is 5.97 Å². The molecule has 4 heteroatoms. The van der Waals surface area contributed by atoms with E-state index in [0.29, 0.717) is 6.42 Å². The molecule has 0 aromatic carbocycles. The Morgan fingerprint density at radius 3 is 1.82 bits per heavy atom. The van der Waals surface area contributed by atoms with Gasteiger partial charge in [0, 0.05) is 0 Å². The molecule has 22 heavy (non-hydrogen) atoms. The Hall–Kier alpha value is -0.210. The highest BCUT2D eigenvalue weighted by atomic mass is 35.5. The molecule has 0 bridgehead atoms. The second kappa shape index (κ2) is 14.4. The van der Waals surface area contributed by atoms with E-state index in [-0.39, 0.29) is 0 Å². The predicted octanol–water partition coefficient (Wildman–Crippen LogP) is 6.89. The van der Waals surface area contributed by atoms with Gasteiger partial charge in [0.25, 0.3) is 0 Å². The average molecular weight is 351 g/mol. The molecule has 0 aliphatic heterocycles. The normalized spacial score (nSPS) is 12.1. The summed E-state index contributed by atoms with van der Waals surface area (Å²) in [6.07, 6.45) is 19.3. The molecule has 1 N–H and O–H groups in total. The number of aliphatic carboxylic acids is 1. The van der Waals surface area contributed by atoms with Gasteiger partial charge in [0.1, 0.15) is 0 Å². The minimum Gasteiger partial charge on any atom is -0.479 e. The maximum Gasteiger partial charge on any atom is 0.340 e. The lowest BCUT2D eigenvalue weighted by atomic mass is 10.1. The maximum atomic E-state index is 10.7. The number of rotatable bonds is 15. The van der Waals surface area contributed by atoms with Crippen LogP contribution >= 0.6 is 23.2 Å². The van der Waals surface area contributed by atoms with Gasteiger partial charge in [-0.1, -0.05) is 93.6 Å². The van der Waals surface area contributed by atoms with E-state index in [1.807, 2.05) is 0 Å². The van der Waals surface area contributed by atoms with Gasteiger partial charge in [-0.15, -0.1) is 0 Å². The number of carbonyl (C=O) groups is 1. The molecule has 0 atom stereocenters. The monoisotopic (exact) mass is 350 g/mol. The van der Waals surface area contributed by atoms with Gasteiger partial charge in [-0.3, -0.25) is 0 Å². The van der Waals surface area contributed by atoms with Crippen molar-refractivity contribution in [1.29, 1.82) is 0 Å². The van der Waals surface area contributed by atoms with Crippen molar-refractivity contribution < 1.29 is 9.90 Å². The van der Waals surface area contributed by atoms with Crippen molar-refractivity contribution in [3.8, 4) is 0 Å². The third-order valence-corrected chi connectivity index (χ3v) is 4.52. The van der Waals surface area contributed by atoms with E-state index in [2.05, 4.69) is 19.1 Å². The number of halogens is 2. The highest BCUT2D eigenvalue weighted by Gasteiger charge is 2.32. The van der Waals surface area contributed by atoms with Crippen LogP contribution < -0.4 is 0 Å². The minimum absolute atomic E-state index is 0.329. The highest BCUT2D eigenvalue weighted by molar-refractivity contribution is 6.57. The summed E-state index contributed by atoms with van der Waals surface area (Å²) in [6, 6.07) is 0. The Morgan fingerprint density at radius 1 is 0.864 bits per heavy atom. The molecular weight excluding hydrogens is 319 g/mol. The van der Waals surface area contributed by atoms with E-state index in [9.17, 15) is 4.79 Å². The summed E-state index contributed by atoms with van der Waals surface area (Å²) < 4.78 is -1.61. The Labute approximate surface area is 146 Å². The van der Waals surface area contributed by atoms with Crippen molar-refractivity contribution in [3.05, 3.63) is 12.2 Å². The number of unbranched alkanes of at least 4 members (excludes halogenated alkanes) is 10. The lowest BCUT2D eigenvalue weighted by Gasteiger charge is -2.13. The van der Waals surface area contributed by atoms with Gasteiger partial charge in [-0.25, -0.2) is 4.79 Å². The molecule has 0 saturated carbocycles. The van der Waals surface area contributed by atoms with Crippen LogP contribution in [0.25, 0.3) is 0 Å². The molecule has 0 unspecified atom stereocenters. The quantitative estimate of drug-likeness (QED) is 0.198. The third kappa shape index (κ3) is 13.5. The first-order valence-electron chi connectivity index (χ1n) is 8.77. The Bertz CT molecular complexity index is 301. The van der Waals surface area contributed by atoms with E-state index < -0.39 is 10.3 Å². The highest BCUT2D eigenvalue weighted by Crippen LogP contribution is 2.28. The van der Waals surface area contributed by atoms with Gasteiger partial charge in [-0.2, -0.15) is 0 Å². The van der Waals surface area contributed by atoms with Crippen molar-refractivity contribution >= 4 is 29.2 Å². The molecule has 0 aromatic heterocycles. The van der Waals surface area contributed by atoms with E-state index in [1.165, 1.54) is 57.8 Å². The Morgan fingerprint density at radius 2 is 1.32 bits per heavy atom. The van der Waals surface area contributed by atoms with Gasteiger partial charge in [0.05, 0.1) is 0 Å². The van der Waals surface area contributed by atoms with Crippen LogP contribution in [0.1, 0.15) is 90.4 Å². The lowest BCUT2D eigenvalue weighted by Crippen LogP contribution is -2.25. The van der Waals surface area contributed by atoms with Crippen molar-refractivity contribution in [2.45, 2.75) is 94.7 Å². The summed E-state index contributed by atoms with van der Waals surface area (Å²) in [5.41, 5.74) is 0. The van der Waals surface area contributed by atoms with Gasteiger partial charge in [0.2, 0.25) is 4.33 Å². The molecule has 0 amide bonds. The van der Waals surface area contributed by atoms with Gasteiger partial charge < -0.3 is 5.11 Å². The second-order valence-electron chi connectivity index (χ2n) is 5.99. The first kappa shape index (κ1) is 21.8. The van der Waals surface area contributed by atoms with Crippen LogP contribution in [0.4, 0.5) is 0 Å². The van der Waals surface area contributed by atoms with Crippen LogP contribution in [0, 0.1) is 0 Å². The third-order valence-electron chi connectivity index (χ3n) is 3.82. The van der Waals surface area contributed by atoms with Crippen LogP contribution in [0.3, 0.4) is 0 Å². The molecule has 0 spiro atoms. The summed E-state index contributed by atoms with van der Waals surface area (Å²) >= 11 is 11.4. The fraction of sp³-hybridized carbons (Fsp3) is 0.833. The summed E-state index contributed by atoms with van der Waals surface area (Å²) in [7, 11) is 0.